The van der Waals surface area contributed by atoms with E-state index in [0.29, 0.717) is 23.6 Å². The van der Waals surface area contributed by atoms with E-state index in [2.05, 4.69) is 15.8 Å². The van der Waals surface area contributed by atoms with Crippen molar-refractivity contribution in [2.75, 3.05) is 13.6 Å². The molecule has 1 aromatic heterocycles. The number of aromatic nitrogens is 1. The molecule has 0 aliphatic carbocycles. The van der Waals surface area contributed by atoms with E-state index in [1.807, 2.05) is 14.0 Å². The summed E-state index contributed by atoms with van der Waals surface area (Å²) in [6, 6.07) is 0.245. The molecule has 0 aromatic carbocycles. The fraction of sp³-hybridized carbons (Fsp3) is 0.600. The second kappa shape index (κ2) is 4.93. The highest BCUT2D eigenvalue weighted by molar-refractivity contribution is 5.96. The second-order valence-electron chi connectivity index (χ2n) is 3.60. The lowest BCUT2D eigenvalue weighted by Gasteiger charge is -2.10. The summed E-state index contributed by atoms with van der Waals surface area (Å²) in [7, 11) is 1.85. The standard InChI is InChI=1S/C10H17N3O2/c1-6(11-4)5-12-10(14)9-7(2)13-15-8(9)3/h6,11H,5H2,1-4H3,(H,12,14). The molecule has 2 N–H and O–H groups in total. The molecule has 0 bridgehead atoms. The molecule has 0 aliphatic heterocycles. The van der Waals surface area contributed by atoms with Gasteiger partial charge in [0.05, 0.1) is 5.69 Å². The van der Waals surface area contributed by atoms with Crippen molar-refractivity contribution in [1.82, 2.24) is 15.8 Å². The molecule has 1 heterocycles. The van der Waals surface area contributed by atoms with Gasteiger partial charge in [0, 0.05) is 12.6 Å². The van der Waals surface area contributed by atoms with Crippen LogP contribution in [-0.2, 0) is 0 Å². The quantitative estimate of drug-likeness (QED) is 0.766. The summed E-state index contributed by atoms with van der Waals surface area (Å²) in [5.41, 5.74) is 1.17. The van der Waals surface area contributed by atoms with Crippen LogP contribution < -0.4 is 10.6 Å². The minimum absolute atomic E-state index is 0.131. The Hall–Kier alpha value is -1.36. The van der Waals surface area contributed by atoms with E-state index in [-0.39, 0.29) is 11.9 Å². The molecule has 1 unspecified atom stereocenters. The fourth-order valence-corrected chi connectivity index (χ4v) is 1.24. The van der Waals surface area contributed by atoms with Gasteiger partial charge in [0.2, 0.25) is 0 Å². The van der Waals surface area contributed by atoms with Crippen LogP contribution in [0.1, 0.15) is 28.7 Å². The monoisotopic (exact) mass is 211 g/mol. The Morgan fingerprint density at radius 3 is 2.67 bits per heavy atom. The first-order valence-electron chi connectivity index (χ1n) is 4.94. The van der Waals surface area contributed by atoms with Gasteiger partial charge in [-0.3, -0.25) is 4.79 Å². The topological polar surface area (TPSA) is 67.2 Å². The molecule has 84 valence electrons. The van der Waals surface area contributed by atoms with Crippen LogP contribution in [0, 0.1) is 13.8 Å². The van der Waals surface area contributed by atoms with Gasteiger partial charge >= 0.3 is 0 Å². The van der Waals surface area contributed by atoms with Crippen molar-refractivity contribution in [3.8, 4) is 0 Å². The Bertz CT molecular complexity index is 327. The van der Waals surface area contributed by atoms with Crippen molar-refractivity contribution >= 4 is 5.91 Å². The molecule has 0 radical (unpaired) electrons. The molecular weight excluding hydrogens is 194 g/mol. The highest BCUT2D eigenvalue weighted by atomic mass is 16.5. The summed E-state index contributed by atoms with van der Waals surface area (Å²) in [6.45, 7) is 6.07. The maximum absolute atomic E-state index is 11.7. The molecule has 0 saturated carbocycles. The van der Waals surface area contributed by atoms with Crippen molar-refractivity contribution in [1.29, 1.82) is 0 Å². The van der Waals surface area contributed by atoms with E-state index >= 15 is 0 Å². The molecule has 1 amide bonds. The number of rotatable bonds is 4. The van der Waals surface area contributed by atoms with Crippen LogP contribution in [0.3, 0.4) is 0 Å². The minimum Gasteiger partial charge on any atom is -0.361 e. The number of hydrogen-bond donors (Lipinski definition) is 2. The van der Waals surface area contributed by atoms with Crippen molar-refractivity contribution < 1.29 is 9.32 Å². The van der Waals surface area contributed by atoms with E-state index in [1.165, 1.54) is 0 Å². The maximum Gasteiger partial charge on any atom is 0.256 e. The van der Waals surface area contributed by atoms with Gasteiger partial charge in [-0.15, -0.1) is 0 Å². The lowest BCUT2D eigenvalue weighted by Crippen LogP contribution is -2.37. The minimum atomic E-state index is -0.131. The lowest BCUT2D eigenvalue weighted by molar-refractivity contribution is 0.0948. The molecule has 15 heavy (non-hydrogen) atoms. The van der Waals surface area contributed by atoms with Crippen molar-refractivity contribution in [3.63, 3.8) is 0 Å². The summed E-state index contributed by atoms with van der Waals surface area (Å²) in [5.74, 6) is 0.426. The van der Waals surface area contributed by atoms with Crippen LogP contribution in [0.4, 0.5) is 0 Å². The van der Waals surface area contributed by atoms with Crippen molar-refractivity contribution in [2.24, 2.45) is 0 Å². The Balaban J connectivity index is 2.62. The van der Waals surface area contributed by atoms with E-state index in [4.69, 9.17) is 4.52 Å². The summed E-state index contributed by atoms with van der Waals surface area (Å²) in [6.07, 6.45) is 0. The summed E-state index contributed by atoms with van der Waals surface area (Å²) in [5, 5.41) is 9.59. The Morgan fingerprint density at radius 1 is 1.53 bits per heavy atom. The van der Waals surface area contributed by atoms with Gasteiger partial charge in [0.25, 0.3) is 5.91 Å². The first-order valence-corrected chi connectivity index (χ1v) is 4.94. The van der Waals surface area contributed by atoms with Crippen LogP contribution in [0.25, 0.3) is 0 Å². The fourth-order valence-electron chi connectivity index (χ4n) is 1.24. The van der Waals surface area contributed by atoms with Crippen LogP contribution in [-0.4, -0.2) is 30.7 Å². The first-order chi connectivity index (χ1) is 7.06. The zero-order valence-corrected chi connectivity index (χ0v) is 9.55. The number of hydrogen-bond acceptors (Lipinski definition) is 4. The average Bonchev–Trinajstić information content (AvgIpc) is 2.54. The van der Waals surface area contributed by atoms with Crippen molar-refractivity contribution in [3.05, 3.63) is 17.0 Å². The number of aryl methyl sites for hydroxylation is 2. The number of nitrogens with zero attached hydrogens (tertiary/aromatic N) is 1. The molecule has 5 nitrogen and oxygen atoms in total. The van der Waals surface area contributed by atoms with E-state index in [1.54, 1.807) is 13.8 Å². The predicted octanol–water partition coefficient (Wildman–Crippen LogP) is 0.629. The third kappa shape index (κ3) is 2.79. The number of carbonyl (C=O) groups excluding carboxylic acids is 1. The zero-order chi connectivity index (χ0) is 11.4. The van der Waals surface area contributed by atoms with Gasteiger partial charge in [-0.05, 0) is 27.8 Å². The molecule has 5 heteroatoms. The van der Waals surface area contributed by atoms with Gasteiger partial charge in [-0.25, -0.2) is 0 Å². The van der Waals surface area contributed by atoms with Gasteiger partial charge in [-0.1, -0.05) is 5.16 Å². The first kappa shape index (κ1) is 11.7. The maximum atomic E-state index is 11.7. The number of amides is 1. The highest BCUT2D eigenvalue weighted by Crippen LogP contribution is 2.11. The molecule has 0 aliphatic rings. The lowest BCUT2D eigenvalue weighted by atomic mass is 10.2. The van der Waals surface area contributed by atoms with Gasteiger partial charge < -0.3 is 15.2 Å². The number of carbonyl (C=O) groups is 1. The largest absolute Gasteiger partial charge is 0.361 e. The smallest absolute Gasteiger partial charge is 0.256 e. The van der Waals surface area contributed by atoms with Crippen LogP contribution in [0.15, 0.2) is 4.52 Å². The molecule has 0 spiro atoms. The number of likely N-dealkylation sites (N-methyl/N-ethyl adjacent to an activating group) is 1. The zero-order valence-electron chi connectivity index (χ0n) is 9.55. The Labute approximate surface area is 89.2 Å². The molecule has 0 saturated heterocycles. The molecule has 1 aromatic rings. The Kier molecular flexibility index (Phi) is 3.85. The molecule has 1 atom stereocenters. The van der Waals surface area contributed by atoms with Gasteiger partial charge in [-0.2, -0.15) is 0 Å². The van der Waals surface area contributed by atoms with Crippen LogP contribution >= 0.6 is 0 Å². The molecule has 1 rings (SSSR count). The van der Waals surface area contributed by atoms with E-state index in [9.17, 15) is 4.79 Å². The predicted molar refractivity (Wildman–Crippen MR) is 56.8 cm³/mol. The normalized spacial score (nSPS) is 12.5. The molecule has 0 fully saturated rings. The summed E-state index contributed by atoms with van der Waals surface area (Å²) >= 11 is 0. The van der Waals surface area contributed by atoms with Crippen molar-refractivity contribution in [2.45, 2.75) is 26.8 Å². The van der Waals surface area contributed by atoms with Gasteiger partial charge in [0.1, 0.15) is 11.3 Å². The van der Waals surface area contributed by atoms with Crippen LogP contribution in [0.5, 0.6) is 0 Å². The van der Waals surface area contributed by atoms with Crippen LogP contribution in [0.2, 0.25) is 0 Å². The summed E-state index contributed by atoms with van der Waals surface area (Å²) < 4.78 is 4.92. The van der Waals surface area contributed by atoms with E-state index < -0.39 is 0 Å². The molecular formula is C10H17N3O2. The van der Waals surface area contributed by atoms with Gasteiger partial charge in [0.15, 0.2) is 0 Å². The Morgan fingerprint density at radius 2 is 2.20 bits per heavy atom. The summed E-state index contributed by atoms with van der Waals surface area (Å²) in [4.78, 5) is 11.7. The average molecular weight is 211 g/mol. The number of nitrogens with one attached hydrogen (secondary N) is 2. The third-order valence-electron chi connectivity index (χ3n) is 2.32. The third-order valence-corrected chi connectivity index (χ3v) is 2.32. The van der Waals surface area contributed by atoms with E-state index in [0.717, 1.165) is 0 Å². The SMILES string of the molecule is CNC(C)CNC(=O)c1c(C)noc1C. The second-order valence-corrected chi connectivity index (χ2v) is 3.60. The highest BCUT2D eigenvalue weighted by Gasteiger charge is 2.17.